The van der Waals surface area contributed by atoms with E-state index in [0.29, 0.717) is 0 Å². The summed E-state index contributed by atoms with van der Waals surface area (Å²) in [4.78, 5) is 4.50. The first-order chi connectivity index (χ1) is 8.74. The zero-order valence-electron chi connectivity index (χ0n) is 11.8. The molecule has 0 aliphatic heterocycles. The molecule has 18 heavy (non-hydrogen) atoms. The predicted octanol–water partition coefficient (Wildman–Crippen LogP) is 1.15. The fourth-order valence-electron chi connectivity index (χ4n) is 1.95. The van der Waals surface area contributed by atoms with Gasteiger partial charge < -0.3 is 10.4 Å². The number of hydrogen-bond acceptors (Lipinski definition) is 4. The Morgan fingerprint density at radius 1 is 1.28 bits per heavy atom. The second-order valence-electron chi connectivity index (χ2n) is 4.50. The predicted molar refractivity (Wildman–Crippen MR) is 72.6 cm³/mol. The summed E-state index contributed by atoms with van der Waals surface area (Å²) in [5.41, 5.74) is 0. The molecular weight excluding hydrogens is 228 g/mol. The standard InChI is InChI=1S/C13H26N4O/c1-4-8-14-11(7-9-18)10-17-13(6-3)15-12(5-2)16-17/h11,14,18H,4-10H2,1-3H3. The van der Waals surface area contributed by atoms with Gasteiger partial charge in [0.2, 0.25) is 0 Å². The van der Waals surface area contributed by atoms with E-state index in [0.717, 1.165) is 50.4 Å². The van der Waals surface area contributed by atoms with Crippen LogP contribution in [-0.4, -0.2) is 39.1 Å². The minimum Gasteiger partial charge on any atom is -0.396 e. The van der Waals surface area contributed by atoms with E-state index < -0.39 is 0 Å². The number of hydrogen-bond donors (Lipinski definition) is 2. The molecule has 1 heterocycles. The van der Waals surface area contributed by atoms with Crippen LogP contribution in [0, 0.1) is 0 Å². The van der Waals surface area contributed by atoms with Gasteiger partial charge in [-0.25, -0.2) is 9.67 Å². The lowest BCUT2D eigenvalue weighted by Gasteiger charge is -2.18. The molecule has 104 valence electrons. The molecule has 0 aliphatic carbocycles. The topological polar surface area (TPSA) is 63.0 Å². The fourth-order valence-corrected chi connectivity index (χ4v) is 1.95. The van der Waals surface area contributed by atoms with E-state index in [4.69, 9.17) is 5.11 Å². The highest BCUT2D eigenvalue weighted by atomic mass is 16.3. The van der Waals surface area contributed by atoms with E-state index in [1.807, 2.05) is 4.68 Å². The lowest BCUT2D eigenvalue weighted by Crippen LogP contribution is -2.35. The normalized spacial score (nSPS) is 12.9. The number of nitrogens with zero attached hydrogens (tertiary/aromatic N) is 3. The van der Waals surface area contributed by atoms with Crippen LogP contribution in [0.1, 0.15) is 45.3 Å². The summed E-state index contributed by atoms with van der Waals surface area (Å²) in [6, 6.07) is 0.270. The first-order valence-electron chi connectivity index (χ1n) is 7.01. The average molecular weight is 254 g/mol. The Kier molecular flexibility index (Phi) is 6.90. The van der Waals surface area contributed by atoms with Gasteiger partial charge >= 0.3 is 0 Å². The quantitative estimate of drug-likeness (QED) is 0.694. The van der Waals surface area contributed by atoms with Crippen LogP contribution in [0.3, 0.4) is 0 Å². The summed E-state index contributed by atoms with van der Waals surface area (Å²) in [7, 11) is 0. The molecule has 0 saturated carbocycles. The molecular formula is C13H26N4O. The van der Waals surface area contributed by atoms with Gasteiger partial charge in [0, 0.05) is 25.5 Å². The maximum Gasteiger partial charge on any atom is 0.150 e. The molecule has 2 N–H and O–H groups in total. The number of aryl methyl sites for hydroxylation is 2. The van der Waals surface area contributed by atoms with Crippen molar-refractivity contribution in [3.63, 3.8) is 0 Å². The van der Waals surface area contributed by atoms with Crippen molar-refractivity contribution < 1.29 is 5.11 Å². The second kappa shape index (κ2) is 8.21. The smallest absolute Gasteiger partial charge is 0.150 e. The van der Waals surface area contributed by atoms with Crippen LogP contribution >= 0.6 is 0 Å². The van der Waals surface area contributed by atoms with E-state index >= 15 is 0 Å². The molecule has 5 heteroatoms. The molecule has 0 aliphatic rings. The van der Waals surface area contributed by atoms with Gasteiger partial charge in [-0.1, -0.05) is 20.8 Å². The minimum atomic E-state index is 0.207. The Hall–Kier alpha value is -0.940. The molecule has 1 rings (SSSR count). The molecule has 1 atom stereocenters. The number of aliphatic hydroxyl groups is 1. The fraction of sp³-hybridized carbons (Fsp3) is 0.846. The van der Waals surface area contributed by atoms with Crippen molar-refractivity contribution in [2.45, 2.75) is 59.0 Å². The first-order valence-corrected chi connectivity index (χ1v) is 7.01. The summed E-state index contributed by atoms with van der Waals surface area (Å²) in [5.74, 6) is 1.94. The molecule has 0 spiro atoms. The highest BCUT2D eigenvalue weighted by Crippen LogP contribution is 2.04. The van der Waals surface area contributed by atoms with Crippen LogP contribution in [-0.2, 0) is 19.4 Å². The Bertz CT molecular complexity index is 338. The van der Waals surface area contributed by atoms with Gasteiger partial charge in [-0.2, -0.15) is 5.10 Å². The monoisotopic (exact) mass is 254 g/mol. The van der Waals surface area contributed by atoms with Gasteiger partial charge in [0.05, 0.1) is 6.54 Å². The van der Waals surface area contributed by atoms with Gasteiger partial charge in [-0.3, -0.25) is 0 Å². The van der Waals surface area contributed by atoms with Crippen LogP contribution in [0.25, 0.3) is 0 Å². The summed E-state index contributed by atoms with van der Waals surface area (Å²) >= 11 is 0. The van der Waals surface area contributed by atoms with Crippen LogP contribution in [0.5, 0.6) is 0 Å². The maximum absolute atomic E-state index is 9.11. The zero-order valence-corrected chi connectivity index (χ0v) is 11.8. The maximum atomic E-state index is 9.11. The molecule has 0 fully saturated rings. The van der Waals surface area contributed by atoms with Crippen molar-refractivity contribution in [1.82, 2.24) is 20.1 Å². The van der Waals surface area contributed by atoms with Gasteiger partial charge in [-0.15, -0.1) is 0 Å². The van der Waals surface area contributed by atoms with Gasteiger partial charge in [-0.05, 0) is 19.4 Å². The largest absolute Gasteiger partial charge is 0.396 e. The van der Waals surface area contributed by atoms with Gasteiger partial charge in [0.1, 0.15) is 5.82 Å². The number of nitrogens with one attached hydrogen (secondary N) is 1. The Morgan fingerprint density at radius 2 is 2.06 bits per heavy atom. The van der Waals surface area contributed by atoms with Crippen LogP contribution < -0.4 is 5.32 Å². The van der Waals surface area contributed by atoms with Gasteiger partial charge in [0.15, 0.2) is 5.82 Å². The van der Waals surface area contributed by atoms with Crippen molar-refractivity contribution in [3.05, 3.63) is 11.6 Å². The van der Waals surface area contributed by atoms with E-state index in [-0.39, 0.29) is 12.6 Å². The Balaban J connectivity index is 2.68. The number of aromatic nitrogens is 3. The van der Waals surface area contributed by atoms with Crippen molar-refractivity contribution in [3.8, 4) is 0 Å². The van der Waals surface area contributed by atoms with Gasteiger partial charge in [0.25, 0.3) is 0 Å². The molecule has 0 bridgehead atoms. The molecule has 1 aromatic rings. The molecule has 0 aromatic carbocycles. The second-order valence-corrected chi connectivity index (χ2v) is 4.50. The third-order valence-electron chi connectivity index (χ3n) is 2.98. The highest BCUT2D eigenvalue weighted by Gasteiger charge is 2.13. The summed E-state index contributed by atoms with van der Waals surface area (Å²) in [6.45, 7) is 8.28. The van der Waals surface area contributed by atoms with Crippen molar-refractivity contribution in [2.24, 2.45) is 0 Å². The number of aliphatic hydroxyl groups excluding tert-OH is 1. The van der Waals surface area contributed by atoms with Crippen LogP contribution in [0.4, 0.5) is 0 Å². The lowest BCUT2D eigenvalue weighted by molar-refractivity contribution is 0.253. The van der Waals surface area contributed by atoms with Crippen LogP contribution in [0.15, 0.2) is 0 Å². The third kappa shape index (κ3) is 4.38. The van der Waals surface area contributed by atoms with E-state index in [1.165, 1.54) is 0 Å². The average Bonchev–Trinajstić information content (AvgIpc) is 2.78. The van der Waals surface area contributed by atoms with Crippen molar-refractivity contribution in [1.29, 1.82) is 0 Å². The summed E-state index contributed by atoms with van der Waals surface area (Å²) < 4.78 is 1.99. The minimum absolute atomic E-state index is 0.207. The van der Waals surface area contributed by atoms with Crippen molar-refractivity contribution in [2.75, 3.05) is 13.2 Å². The molecule has 0 saturated heterocycles. The lowest BCUT2D eigenvalue weighted by atomic mass is 10.2. The molecule has 0 radical (unpaired) electrons. The van der Waals surface area contributed by atoms with E-state index in [2.05, 4.69) is 36.2 Å². The summed E-state index contributed by atoms with van der Waals surface area (Å²) in [5, 5.41) is 17.1. The highest BCUT2D eigenvalue weighted by molar-refractivity contribution is 4.93. The number of rotatable bonds is 9. The van der Waals surface area contributed by atoms with E-state index in [1.54, 1.807) is 0 Å². The summed E-state index contributed by atoms with van der Waals surface area (Å²) in [6.07, 6.45) is 3.62. The molecule has 1 unspecified atom stereocenters. The molecule has 1 aromatic heterocycles. The third-order valence-corrected chi connectivity index (χ3v) is 2.98. The molecule has 0 amide bonds. The van der Waals surface area contributed by atoms with E-state index in [9.17, 15) is 0 Å². The zero-order chi connectivity index (χ0) is 13.4. The SMILES string of the molecule is CCCNC(CCO)Cn1nc(CC)nc1CC. The first kappa shape index (κ1) is 15.1. The Labute approximate surface area is 110 Å². The van der Waals surface area contributed by atoms with Crippen molar-refractivity contribution >= 4 is 0 Å². The Morgan fingerprint density at radius 3 is 2.61 bits per heavy atom. The van der Waals surface area contributed by atoms with Crippen LogP contribution in [0.2, 0.25) is 0 Å². The molecule has 5 nitrogen and oxygen atoms in total.